The number of nitrogens with one attached hydrogen (secondary N) is 1. The van der Waals surface area contributed by atoms with Crippen LogP contribution in [-0.4, -0.2) is 38.1 Å². The first-order valence-electron chi connectivity index (χ1n) is 7.81. The van der Waals surface area contributed by atoms with Crippen molar-refractivity contribution in [3.05, 3.63) is 29.3 Å². The number of amides is 2. The van der Waals surface area contributed by atoms with E-state index < -0.39 is 0 Å². The molecule has 0 bridgehead atoms. The van der Waals surface area contributed by atoms with Crippen molar-refractivity contribution in [2.75, 3.05) is 31.2 Å². The average molecular weight is 341 g/mol. The summed E-state index contributed by atoms with van der Waals surface area (Å²) in [6.07, 6.45) is 1.86. The van der Waals surface area contributed by atoms with Crippen LogP contribution in [0, 0.1) is 0 Å². The third-order valence-corrected chi connectivity index (χ3v) is 3.85. The third-order valence-electron chi connectivity index (χ3n) is 3.62. The minimum Gasteiger partial charge on any atom is -0.384 e. The van der Waals surface area contributed by atoms with Gasteiger partial charge < -0.3 is 10.1 Å². The molecule has 0 heterocycles. The highest BCUT2D eigenvalue weighted by molar-refractivity contribution is 6.29. The lowest BCUT2D eigenvalue weighted by atomic mass is 10.0. The average Bonchev–Trinajstić information content (AvgIpc) is 2.59. The fraction of sp³-hybridized carbons (Fsp3) is 0.529. The van der Waals surface area contributed by atoms with Crippen LogP contribution in [0.1, 0.15) is 31.4 Å². The number of aryl methyl sites for hydroxylation is 2. The van der Waals surface area contributed by atoms with Crippen molar-refractivity contribution in [1.29, 1.82) is 0 Å². The van der Waals surface area contributed by atoms with Crippen molar-refractivity contribution in [3.8, 4) is 0 Å². The van der Waals surface area contributed by atoms with E-state index in [1.165, 1.54) is 0 Å². The van der Waals surface area contributed by atoms with Gasteiger partial charge in [-0.15, -0.1) is 11.6 Å². The molecule has 23 heavy (non-hydrogen) atoms. The van der Waals surface area contributed by atoms with E-state index in [0.29, 0.717) is 6.61 Å². The number of ether oxygens (including phenoxy) is 1. The minimum absolute atomic E-state index is 0.109. The van der Waals surface area contributed by atoms with E-state index in [0.717, 1.165) is 29.7 Å². The molecule has 0 fully saturated rings. The molecule has 0 spiro atoms. The zero-order valence-corrected chi connectivity index (χ0v) is 14.8. The van der Waals surface area contributed by atoms with E-state index in [1.54, 1.807) is 12.0 Å². The molecule has 0 unspecified atom stereocenters. The number of nitrogens with zero attached hydrogens (tertiary/aromatic N) is 1. The van der Waals surface area contributed by atoms with Gasteiger partial charge in [-0.2, -0.15) is 0 Å². The van der Waals surface area contributed by atoms with E-state index in [-0.39, 0.29) is 30.8 Å². The van der Waals surface area contributed by atoms with Crippen molar-refractivity contribution in [2.24, 2.45) is 0 Å². The molecule has 5 nitrogen and oxygen atoms in total. The normalized spacial score (nSPS) is 10.4. The number of carbonyl (C=O) groups is 2. The van der Waals surface area contributed by atoms with Crippen molar-refractivity contribution in [2.45, 2.75) is 33.1 Å². The zero-order chi connectivity index (χ0) is 17.2. The molecule has 2 amide bonds. The smallest absolute Gasteiger partial charge is 0.243 e. The van der Waals surface area contributed by atoms with E-state index >= 15 is 0 Å². The molecule has 0 aliphatic heterocycles. The Kier molecular flexibility index (Phi) is 8.66. The lowest BCUT2D eigenvalue weighted by molar-refractivity contribution is -0.122. The molecular formula is C17H25ClN2O3. The summed E-state index contributed by atoms with van der Waals surface area (Å²) in [6.45, 7) is 4.54. The lowest BCUT2D eigenvalue weighted by Crippen LogP contribution is -2.43. The van der Waals surface area contributed by atoms with Crippen molar-refractivity contribution < 1.29 is 14.3 Å². The molecular weight excluding hydrogens is 316 g/mol. The van der Waals surface area contributed by atoms with Gasteiger partial charge in [0.2, 0.25) is 11.8 Å². The van der Waals surface area contributed by atoms with Crippen LogP contribution >= 0.6 is 11.6 Å². The number of carbonyl (C=O) groups excluding carboxylic acids is 2. The van der Waals surface area contributed by atoms with Gasteiger partial charge in [-0.1, -0.05) is 32.0 Å². The number of benzene rings is 1. The number of para-hydroxylation sites is 1. The quantitative estimate of drug-likeness (QED) is 0.555. The second kappa shape index (κ2) is 10.2. The monoisotopic (exact) mass is 340 g/mol. The maximum absolute atomic E-state index is 12.3. The van der Waals surface area contributed by atoms with E-state index in [1.807, 2.05) is 32.0 Å². The van der Waals surface area contributed by atoms with Crippen molar-refractivity contribution in [1.82, 2.24) is 5.32 Å². The molecule has 6 heteroatoms. The molecule has 1 rings (SSSR count). The highest BCUT2D eigenvalue weighted by Gasteiger charge is 2.20. The van der Waals surface area contributed by atoms with Crippen LogP contribution in [0.15, 0.2) is 18.2 Å². The number of anilines is 1. The van der Waals surface area contributed by atoms with Crippen LogP contribution < -0.4 is 10.2 Å². The summed E-state index contributed by atoms with van der Waals surface area (Å²) in [5.41, 5.74) is 2.98. The van der Waals surface area contributed by atoms with Gasteiger partial charge in [-0.25, -0.2) is 0 Å². The summed E-state index contributed by atoms with van der Waals surface area (Å²) in [5, 5.41) is 2.76. The Hall–Kier alpha value is -1.59. The van der Waals surface area contributed by atoms with Gasteiger partial charge in [0, 0.05) is 13.5 Å². The van der Waals surface area contributed by atoms with Gasteiger partial charge in [0.15, 0.2) is 0 Å². The molecule has 0 saturated carbocycles. The summed E-state index contributed by atoms with van der Waals surface area (Å²) in [5.74, 6) is -0.518. The van der Waals surface area contributed by atoms with Gasteiger partial charge in [-0.05, 0) is 24.0 Å². The maximum atomic E-state index is 12.3. The number of alkyl halides is 1. The molecule has 0 atom stereocenters. The van der Waals surface area contributed by atoms with Crippen LogP contribution in [0.5, 0.6) is 0 Å². The van der Waals surface area contributed by atoms with Gasteiger partial charge >= 0.3 is 0 Å². The SMILES string of the molecule is CCc1cccc(CC)c1N(CNC(=O)CCOC)C(=O)CCl. The topological polar surface area (TPSA) is 58.6 Å². The number of rotatable bonds is 9. The molecule has 0 aliphatic rings. The number of halogens is 1. The third kappa shape index (κ3) is 5.52. The van der Waals surface area contributed by atoms with Crippen LogP contribution in [-0.2, 0) is 27.2 Å². The first-order chi connectivity index (χ1) is 11.1. The minimum atomic E-state index is -0.227. The Bertz CT molecular complexity index is 512. The fourth-order valence-corrected chi connectivity index (χ4v) is 2.52. The lowest BCUT2D eigenvalue weighted by Gasteiger charge is -2.27. The predicted molar refractivity (Wildman–Crippen MR) is 92.9 cm³/mol. The largest absolute Gasteiger partial charge is 0.384 e. The highest BCUT2D eigenvalue weighted by Crippen LogP contribution is 2.27. The van der Waals surface area contributed by atoms with Gasteiger partial charge in [-0.3, -0.25) is 14.5 Å². The molecule has 1 aromatic carbocycles. The summed E-state index contributed by atoms with van der Waals surface area (Å²) in [4.78, 5) is 25.7. The van der Waals surface area contributed by atoms with Gasteiger partial charge in [0.1, 0.15) is 5.88 Å². The van der Waals surface area contributed by atoms with Gasteiger partial charge in [0.05, 0.1) is 19.0 Å². The van der Waals surface area contributed by atoms with Gasteiger partial charge in [0.25, 0.3) is 0 Å². The van der Waals surface area contributed by atoms with E-state index in [2.05, 4.69) is 5.32 Å². The molecule has 0 saturated heterocycles. The fourth-order valence-electron chi connectivity index (χ4n) is 2.38. The molecule has 0 radical (unpaired) electrons. The van der Waals surface area contributed by atoms with E-state index in [4.69, 9.17) is 16.3 Å². The number of methoxy groups -OCH3 is 1. The molecule has 1 N–H and O–H groups in total. The van der Waals surface area contributed by atoms with Crippen molar-refractivity contribution >= 4 is 29.1 Å². The standard InChI is InChI=1S/C17H25ClN2O3/c1-4-13-7-6-8-14(5-2)17(13)20(16(22)11-18)12-19-15(21)9-10-23-3/h6-8H,4-5,9-12H2,1-3H3,(H,19,21). The Labute approximate surface area is 142 Å². The second-order valence-electron chi connectivity index (χ2n) is 5.09. The zero-order valence-electron chi connectivity index (χ0n) is 14.0. The Morgan fingerprint density at radius 1 is 1.22 bits per heavy atom. The second-order valence-corrected chi connectivity index (χ2v) is 5.36. The molecule has 0 aromatic heterocycles. The predicted octanol–water partition coefficient (Wildman–Crippen LogP) is 2.49. The summed E-state index contributed by atoms with van der Waals surface area (Å²) in [7, 11) is 1.54. The maximum Gasteiger partial charge on any atom is 0.243 e. The highest BCUT2D eigenvalue weighted by atomic mass is 35.5. The number of hydrogen-bond acceptors (Lipinski definition) is 3. The van der Waals surface area contributed by atoms with Crippen LogP contribution in [0.3, 0.4) is 0 Å². The summed E-state index contributed by atoms with van der Waals surface area (Å²) in [6, 6.07) is 5.98. The van der Waals surface area contributed by atoms with Crippen LogP contribution in [0.4, 0.5) is 5.69 Å². The summed E-state index contributed by atoms with van der Waals surface area (Å²) < 4.78 is 4.88. The number of hydrogen-bond donors (Lipinski definition) is 1. The molecule has 1 aromatic rings. The van der Waals surface area contributed by atoms with Crippen molar-refractivity contribution in [3.63, 3.8) is 0 Å². The Morgan fingerprint density at radius 3 is 2.30 bits per heavy atom. The van der Waals surface area contributed by atoms with Crippen LogP contribution in [0.25, 0.3) is 0 Å². The van der Waals surface area contributed by atoms with Crippen LogP contribution in [0.2, 0.25) is 0 Å². The molecule has 128 valence electrons. The Morgan fingerprint density at radius 2 is 1.83 bits per heavy atom. The van der Waals surface area contributed by atoms with E-state index in [9.17, 15) is 9.59 Å². The molecule has 0 aliphatic carbocycles. The Balaban J connectivity index is 3.03. The summed E-state index contributed by atoms with van der Waals surface area (Å²) >= 11 is 5.76. The first-order valence-corrected chi connectivity index (χ1v) is 8.35. The first kappa shape index (κ1) is 19.5.